The maximum Gasteiger partial charge on any atom is 0.243 e. The summed E-state index contributed by atoms with van der Waals surface area (Å²) in [5.41, 5.74) is 2.66. The van der Waals surface area contributed by atoms with Crippen LogP contribution in [-0.4, -0.2) is 65.0 Å². The fraction of sp³-hybridized carbons (Fsp3) is 0.233. The Morgan fingerprint density at radius 2 is 1.88 bits per heavy atom. The molecular formula is C30H25F2N7O3S. The summed E-state index contributed by atoms with van der Waals surface area (Å²) in [5.74, 6) is -1.30. The van der Waals surface area contributed by atoms with Gasteiger partial charge in [-0.3, -0.25) is 14.4 Å². The van der Waals surface area contributed by atoms with E-state index in [1.165, 1.54) is 24.2 Å². The smallest absolute Gasteiger partial charge is 0.243 e. The minimum atomic E-state index is -1.36. The number of carbonyl (C=O) groups is 3. The van der Waals surface area contributed by atoms with E-state index < -0.39 is 23.9 Å². The number of hydrogen-bond acceptors (Lipinski definition) is 9. The zero-order valence-electron chi connectivity index (χ0n) is 22.9. The molecule has 13 heteroatoms. The van der Waals surface area contributed by atoms with E-state index in [-0.39, 0.29) is 48.9 Å². The summed E-state index contributed by atoms with van der Waals surface area (Å²) >= 11 is 0.968. The molecule has 0 saturated carbocycles. The maximum atomic E-state index is 14.6. The summed E-state index contributed by atoms with van der Waals surface area (Å²) < 4.78 is 34.6. The van der Waals surface area contributed by atoms with Crippen molar-refractivity contribution in [3.63, 3.8) is 0 Å². The van der Waals surface area contributed by atoms with Crippen molar-refractivity contribution in [2.45, 2.75) is 38.5 Å². The van der Waals surface area contributed by atoms with E-state index in [4.69, 9.17) is 0 Å². The first-order valence-electron chi connectivity index (χ1n) is 13.5. The molecule has 5 aromatic rings. The zero-order valence-corrected chi connectivity index (χ0v) is 23.7. The van der Waals surface area contributed by atoms with Gasteiger partial charge in [0.2, 0.25) is 5.91 Å². The first-order chi connectivity index (χ1) is 20.8. The number of nitrogens with zero attached hydrogens (tertiary/aromatic N) is 6. The molecule has 0 unspecified atom stereocenters. The Kier molecular flexibility index (Phi) is 7.72. The van der Waals surface area contributed by atoms with Gasteiger partial charge in [-0.1, -0.05) is 12.1 Å². The van der Waals surface area contributed by atoms with Crippen LogP contribution in [0.25, 0.3) is 22.3 Å². The number of aromatic nitrogens is 5. The van der Waals surface area contributed by atoms with E-state index >= 15 is 0 Å². The fourth-order valence-corrected chi connectivity index (χ4v) is 5.93. The molecule has 1 aliphatic rings. The normalized spacial score (nSPS) is 16.5. The van der Waals surface area contributed by atoms with Gasteiger partial charge < -0.3 is 14.8 Å². The van der Waals surface area contributed by atoms with Gasteiger partial charge in [0.15, 0.2) is 17.4 Å². The van der Waals surface area contributed by atoms with Crippen LogP contribution in [0.2, 0.25) is 0 Å². The highest BCUT2D eigenvalue weighted by Gasteiger charge is 2.40. The summed E-state index contributed by atoms with van der Waals surface area (Å²) in [6, 6.07) is 10.5. The molecule has 10 nitrogen and oxygen atoms in total. The monoisotopic (exact) mass is 601 g/mol. The molecule has 1 N–H and O–H groups in total. The lowest BCUT2D eigenvalue weighted by Crippen LogP contribution is -2.42. The van der Waals surface area contributed by atoms with E-state index in [0.717, 1.165) is 11.5 Å². The third-order valence-electron chi connectivity index (χ3n) is 7.27. The predicted octanol–water partition coefficient (Wildman–Crippen LogP) is 4.79. The molecule has 3 aromatic heterocycles. The molecule has 6 rings (SSSR count). The number of fused-ring (bicyclic) bond motifs is 1. The molecule has 1 saturated heterocycles. The highest BCUT2D eigenvalue weighted by molar-refractivity contribution is 7.05. The van der Waals surface area contributed by atoms with Gasteiger partial charge in [0, 0.05) is 34.8 Å². The largest absolute Gasteiger partial charge is 0.353 e. The lowest BCUT2D eigenvalue weighted by molar-refractivity contribution is -0.137. The van der Waals surface area contributed by atoms with Crippen LogP contribution in [0, 0.1) is 5.82 Å². The van der Waals surface area contributed by atoms with Crippen molar-refractivity contribution >= 4 is 51.3 Å². The Balaban J connectivity index is 1.20. The highest BCUT2D eigenvalue weighted by atomic mass is 32.1. The Labute approximate surface area is 248 Å². The lowest BCUT2D eigenvalue weighted by atomic mass is 10.1. The van der Waals surface area contributed by atoms with Gasteiger partial charge in [0.25, 0.3) is 0 Å². The zero-order chi connectivity index (χ0) is 30.1. The van der Waals surface area contributed by atoms with Crippen LogP contribution in [0.3, 0.4) is 0 Å². The van der Waals surface area contributed by atoms with Crippen molar-refractivity contribution in [1.82, 2.24) is 28.8 Å². The topological polar surface area (TPSA) is 123 Å². The van der Waals surface area contributed by atoms with Crippen molar-refractivity contribution in [2.24, 2.45) is 0 Å². The number of benzene rings is 2. The number of hydrogen-bond donors (Lipinski definition) is 1. The average Bonchev–Trinajstić information content (AvgIpc) is 3.71. The van der Waals surface area contributed by atoms with Gasteiger partial charge in [-0.2, -0.15) is 4.37 Å². The van der Waals surface area contributed by atoms with Crippen LogP contribution in [0.5, 0.6) is 0 Å². The molecule has 1 amide bonds. The summed E-state index contributed by atoms with van der Waals surface area (Å²) in [4.78, 5) is 52.8. The number of halogens is 2. The molecule has 0 spiro atoms. The number of anilines is 2. The predicted molar refractivity (Wildman–Crippen MR) is 156 cm³/mol. The number of Topliss-reactive ketones (excluding diaryl/α,β-unsaturated/α-hetero) is 2. The lowest BCUT2D eigenvalue weighted by Gasteiger charge is -2.23. The molecule has 0 radical (unpaired) electrons. The van der Waals surface area contributed by atoms with E-state index in [1.54, 1.807) is 59.6 Å². The number of likely N-dealkylation sites (tertiary alicyclic amines) is 1. The molecule has 218 valence electrons. The SMILES string of the molecule is CC(=O)c1cn(CC(=O)N2C[C@H](F)C[C@H]2C(=O)Cc2nc(-c3ccccc3F)ns2)c2ccc(Nc3cncnc3)cc12. The van der Waals surface area contributed by atoms with E-state index in [9.17, 15) is 23.2 Å². The molecule has 1 aliphatic heterocycles. The van der Waals surface area contributed by atoms with Gasteiger partial charge in [-0.15, -0.1) is 0 Å². The second kappa shape index (κ2) is 11.8. The minimum Gasteiger partial charge on any atom is -0.353 e. The first kappa shape index (κ1) is 28.2. The number of alkyl halides is 1. The van der Waals surface area contributed by atoms with Crippen LogP contribution >= 0.6 is 11.5 Å². The molecule has 0 bridgehead atoms. The number of amides is 1. The van der Waals surface area contributed by atoms with Crippen LogP contribution in [-0.2, 0) is 22.6 Å². The standard InChI is InChI=1S/C30H25F2N7O3S/c1-17(40)23-14-38(25-7-6-19(9-22(23)25)35-20-11-33-16-34-12-20)15-29(42)39-13-18(31)8-26(39)27(41)10-28-36-30(37-43-28)21-4-2-3-5-24(21)32/h2-7,9,11-12,14,16,18,26,35H,8,10,13,15H2,1H3/t18-,26+/m1/s1. The third kappa shape index (κ3) is 5.89. The van der Waals surface area contributed by atoms with E-state index in [2.05, 4.69) is 24.6 Å². The van der Waals surface area contributed by atoms with Gasteiger partial charge in [0.05, 0.1) is 42.7 Å². The second-order valence-corrected chi connectivity index (χ2v) is 11.1. The second-order valence-electron chi connectivity index (χ2n) is 10.2. The van der Waals surface area contributed by atoms with Gasteiger partial charge in [-0.25, -0.2) is 23.7 Å². The molecule has 43 heavy (non-hydrogen) atoms. The molecule has 0 aliphatic carbocycles. The third-order valence-corrected chi connectivity index (χ3v) is 7.98. The Bertz CT molecular complexity index is 1840. The number of carbonyl (C=O) groups excluding carboxylic acids is 3. The fourth-order valence-electron chi connectivity index (χ4n) is 5.26. The van der Waals surface area contributed by atoms with Crippen molar-refractivity contribution in [2.75, 3.05) is 11.9 Å². The van der Waals surface area contributed by atoms with Gasteiger partial charge >= 0.3 is 0 Å². The number of ketones is 2. The summed E-state index contributed by atoms with van der Waals surface area (Å²) in [7, 11) is 0. The molecule has 2 atom stereocenters. The minimum absolute atomic E-state index is 0.118. The summed E-state index contributed by atoms with van der Waals surface area (Å²) in [6.07, 6.45) is 4.63. The van der Waals surface area contributed by atoms with Crippen LogP contribution in [0.4, 0.5) is 20.2 Å². The Morgan fingerprint density at radius 1 is 1.09 bits per heavy atom. The van der Waals surface area contributed by atoms with Gasteiger partial charge in [-0.05, 0) is 48.8 Å². The Morgan fingerprint density at radius 3 is 2.65 bits per heavy atom. The first-order valence-corrected chi connectivity index (χ1v) is 14.2. The van der Waals surface area contributed by atoms with Crippen LogP contribution in [0.15, 0.2) is 67.4 Å². The van der Waals surface area contributed by atoms with Gasteiger partial charge in [0.1, 0.15) is 29.9 Å². The molecule has 1 fully saturated rings. The van der Waals surface area contributed by atoms with E-state index in [0.29, 0.717) is 32.8 Å². The average molecular weight is 602 g/mol. The number of nitrogens with one attached hydrogen (secondary N) is 1. The van der Waals surface area contributed by atoms with Crippen LogP contribution in [0.1, 0.15) is 28.7 Å². The van der Waals surface area contributed by atoms with Crippen molar-refractivity contribution in [3.05, 3.63) is 83.8 Å². The highest BCUT2D eigenvalue weighted by Crippen LogP contribution is 2.29. The van der Waals surface area contributed by atoms with E-state index in [1.807, 2.05) is 0 Å². The maximum absolute atomic E-state index is 14.6. The molecule has 2 aromatic carbocycles. The molecular weight excluding hydrogens is 576 g/mol. The van der Waals surface area contributed by atoms with Crippen molar-refractivity contribution in [1.29, 1.82) is 0 Å². The summed E-state index contributed by atoms with van der Waals surface area (Å²) in [5, 5.41) is 4.18. The number of rotatable bonds is 9. The molecule has 4 heterocycles. The van der Waals surface area contributed by atoms with Crippen LogP contribution < -0.4 is 5.32 Å². The summed E-state index contributed by atoms with van der Waals surface area (Å²) in [6.45, 7) is 1.05. The Hall–Kier alpha value is -4.91. The quantitative estimate of drug-likeness (QED) is 0.240. The van der Waals surface area contributed by atoms with Crippen molar-refractivity contribution in [3.8, 4) is 11.4 Å². The van der Waals surface area contributed by atoms with Crippen molar-refractivity contribution < 1.29 is 23.2 Å².